The molecule has 0 aliphatic heterocycles. The molecule has 38 heavy (non-hydrogen) atoms. The van der Waals surface area contributed by atoms with Crippen molar-refractivity contribution < 1.29 is 14.0 Å². The molecule has 0 radical (unpaired) electrons. The molecule has 1 heterocycles. The van der Waals surface area contributed by atoms with Gasteiger partial charge in [0.2, 0.25) is 5.91 Å². The van der Waals surface area contributed by atoms with E-state index >= 15 is 0 Å². The Balaban J connectivity index is 1.39. The van der Waals surface area contributed by atoms with Crippen LogP contribution in [0.4, 0.5) is 10.1 Å². The molecular formula is C32H28FN3O2. The van der Waals surface area contributed by atoms with Crippen LogP contribution < -0.4 is 10.6 Å². The molecule has 0 unspecified atom stereocenters. The Labute approximate surface area is 220 Å². The topological polar surface area (TPSA) is 63.1 Å². The maximum atomic E-state index is 14.5. The van der Waals surface area contributed by atoms with E-state index in [0.29, 0.717) is 36.3 Å². The maximum absolute atomic E-state index is 14.5. The van der Waals surface area contributed by atoms with Gasteiger partial charge in [-0.1, -0.05) is 78.9 Å². The molecule has 0 atom stereocenters. The Hall–Kier alpha value is -4.71. The summed E-state index contributed by atoms with van der Waals surface area (Å²) in [6, 6.07) is 33.4. The van der Waals surface area contributed by atoms with Gasteiger partial charge in [-0.3, -0.25) is 9.59 Å². The highest BCUT2D eigenvalue weighted by atomic mass is 19.1. The number of fused-ring (bicyclic) bond motifs is 1. The summed E-state index contributed by atoms with van der Waals surface area (Å²) in [7, 11) is 0. The molecule has 0 bridgehead atoms. The second-order valence-corrected chi connectivity index (χ2v) is 9.18. The smallest absolute Gasteiger partial charge is 0.268 e. The number of benzene rings is 4. The summed E-state index contributed by atoms with van der Waals surface area (Å²) in [4.78, 5) is 25.8. The molecule has 2 N–H and O–H groups in total. The third-order valence-electron chi connectivity index (χ3n) is 6.48. The van der Waals surface area contributed by atoms with Crippen LogP contribution >= 0.6 is 0 Å². The van der Waals surface area contributed by atoms with Crippen LogP contribution in [-0.4, -0.2) is 16.4 Å². The summed E-state index contributed by atoms with van der Waals surface area (Å²) in [5.41, 5.74) is 4.43. The molecule has 5 aromatic rings. The lowest BCUT2D eigenvalue weighted by molar-refractivity contribution is -0.116. The van der Waals surface area contributed by atoms with Gasteiger partial charge in [0, 0.05) is 35.1 Å². The lowest BCUT2D eigenvalue weighted by atomic mass is 10.1. The van der Waals surface area contributed by atoms with E-state index in [-0.39, 0.29) is 24.2 Å². The van der Waals surface area contributed by atoms with Crippen molar-refractivity contribution >= 4 is 28.4 Å². The molecule has 0 saturated heterocycles. The maximum Gasteiger partial charge on any atom is 0.268 e. The molecule has 190 valence electrons. The van der Waals surface area contributed by atoms with Crippen LogP contribution in [0.3, 0.4) is 0 Å². The number of hydrogen-bond acceptors (Lipinski definition) is 2. The molecule has 0 aliphatic carbocycles. The van der Waals surface area contributed by atoms with Gasteiger partial charge in [-0.05, 0) is 47.9 Å². The van der Waals surface area contributed by atoms with Crippen molar-refractivity contribution in [3.63, 3.8) is 0 Å². The predicted molar refractivity (Wildman–Crippen MR) is 148 cm³/mol. The van der Waals surface area contributed by atoms with Crippen LogP contribution in [0.15, 0.2) is 109 Å². The number of rotatable bonds is 9. The van der Waals surface area contributed by atoms with E-state index in [4.69, 9.17) is 0 Å². The number of nitrogens with one attached hydrogen (secondary N) is 2. The van der Waals surface area contributed by atoms with E-state index in [9.17, 15) is 14.0 Å². The second-order valence-electron chi connectivity index (χ2n) is 9.18. The minimum atomic E-state index is -0.327. The van der Waals surface area contributed by atoms with E-state index in [1.807, 2.05) is 83.4 Å². The first-order valence-electron chi connectivity index (χ1n) is 12.6. The van der Waals surface area contributed by atoms with Crippen LogP contribution in [0.25, 0.3) is 10.9 Å². The lowest BCUT2D eigenvalue weighted by Crippen LogP contribution is -2.25. The van der Waals surface area contributed by atoms with E-state index in [1.54, 1.807) is 24.3 Å². The number of halogens is 1. The van der Waals surface area contributed by atoms with Crippen LogP contribution in [-0.2, 0) is 24.3 Å². The summed E-state index contributed by atoms with van der Waals surface area (Å²) in [5, 5.41) is 6.72. The molecule has 6 heteroatoms. The van der Waals surface area contributed by atoms with Gasteiger partial charge in [0.1, 0.15) is 11.5 Å². The van der Waals surface area contributed by atoms with Gasteiger partial charge in [-0.2, -0.15) is 0 Å². The Morgan fingerprint density at radius 3 is 2.18 bits per heavy atom. The first-order valence-corrected chi connectivity index (χ1v) is 12.6. The zero-order valence-corrected chi connectivity index (χ0v) is 20.9. The zero-order chi connectivity index (χ0) is 26.3. The summed E-state index contributed by atoms with van der Waals surface area (Å²) < 4.78 is 16.3. The molecule has 5 rings (SSSR count). The predicted octanol–water partition coefficient (Wildman–Crippen LogP) is 6.33. The highest BCUT2D eigenvalue weighted by molar-refractivity contribution is 6.00. The van der Waals surface area contributed by atoms with E-state index in [0.717, 1.165) is 22.0 Å². The van der Waals surface area contributed by atoms with Crippen molar-refractivity contribution in [1.82, 2.24) is 9.88 Å². The van der Waals surface area contributed by atoms with Gasteiger partial charge in [-0.25, -0.2) is 4.39 Å². The first-order chi connectivity index (χ1) is 18.6. The van der Waals surface area contributed by atoms with Gasteiger partial charge in [0.05, 0.1) is 6.54 Å². The Bertz CT molecular complexity index is 1560. The minimum Gasteiger partial charge on any atom is -0.347 e. The normalized spacial score (nSPS) is 10.9. The Morgan fingerprint density at radius 1 is 0.763 bits per heavy atom. The summed E-state index contributed by atoms with van der Waals surface area (Å²) in [5.74, 6) is -0.665. The van der Waals surface area contributed by atoms with Crippen molar-refractivity contribution in [3.8, 4) is 0 Å². The van der Waals surface area contributed by atoms with Crippen molar-refractivity contribution in [1.29, 1.82) is 0 Å². The SMILES string of the molecule is O=C(CCc1ccccc1)Nc1ccc2c(c1)cc(C(=O)NCc1ccccc1)n2Cc1ccccc1F. The third-order valence-corrected chi connectivity index (χ3v) is 6.48. The van der Waals surface area contributed by atoms with Gasteiger partial charge in [0.25, 0.3) is 5.91 Å². The van der Waals surface area contributed by atoms with Gasteiger partial charge >= 0.3 is 0 Å². The highest BCUT2D eigenvalue weighted by Crippen LogP contribution is 2.26. The quantitative estimate of drug-likeness (QED) is 0.246. The van der Waals surface area contributed by atoms with Crippen molar-refractivity contribution in [2.45, 2.75) is 25.9 Å². The van der Waals surface area contributed by atoms with Gasteiger partial charge in [0.15, 0.2) is 0 Å². The van der Waals surface area contributed by atoms with Gasteiger partial charge in [-0.15, -0.1) is 0 Å². The number of aromatic nitrogens is 1. The summed E-state index contributed by atoms with van der Waals surface area (Å²) in [6.07, 6.45) is 1.02. The molecule has 0 fully saturated rings. The number of nitrogens with zero attached hydrogens (tertiary/aromatic N) is 1. The molecule has 0 aliphatic rings. The Kier molecular flexibility index (Phi) is 7.59. The number of carbonyl (C=O) groups is 2. The largest absolute Gasteiger partial charge is 0.347 e. The van der Waals surface area contributed by atoms with Crippen molar-refractivity contribution in [2.75, 3.05) is 5.32 Å². The highest BCUT2D eigenvalue weighted by Gasteiger charge is 2.18. The Morgan fingerprint density at radius 2 is 1.45 bits per heavy atom. The third kappa shape index (κ3) is 5.98. The first kappa shape index (κ1) is 25.0. The average Bonchev–Trinajstić information content (AvgIpc) is 3.30. The fraction of sp³-hybridized carbons (Fsp3) is 0.125. The number of carbonyl (C=O) groups excluding carboxylic acids is 2. The van der Waals surface area contributed by atoms with Crippen LogP contribution in [0.2, 0.25) is 0 Å². The molecule has 2 amide bonds. The standard InChI is InChI=1S/C32H28FN3O2/c33-28-14-8-7-13-25(28)22-36-29-17-16-27(35-31(37)18-15-23-9-3-1-4-10-23)19-26(29)20-30(36)32(38)34-21-24-11-5-2-6-12-24/h1-14,16-17,19-20H,15,18,21-22H2,(H,34,38)(H,35,37). The average molecular weight is 506 g/mol. The molecular weight excluding hydrogens is 477 g/mol. The molecule has 0 saturated carbocycles. The molecule has 1 aromatic heterocycles. The number of hydrogen-bond donors (Lipinski definition) is 2. The molecule has 0 spiro atoms. The van der Waals surface area contributed by atoms with Crippen LogP contribution in [0, 0.1) is 5.82 Å². The lowest BCUT2D eigenvalue weighted by Gasteiger charge is -2.12. The summed E-state index contributed by atoms with van der Waals surface area (Å²) >= 11 is 0. The summed E-state index contributed by atoms with van der Waals surface area (Å²) in [6.45, 7) is 0.580. The number of aryl methyl sites for hydroxylation is 1. The fourth-order valence-corrected chi connectivity index (χ4v) is 4.50. The zero-order valence-electron chi connectivity index (χ0n) is 20.9. The number of amides is 2. The molecule has 4 aromatic carbocycles. The monoisotopic (exact) mass is 505 g/mol. The van der Waals surface area contributed by atoms with E-state index in [1.165, 1.54) is 6.07 Å². The molecule has 5 nitrogen and oxygen atoms in total. The van der Waals surface area contributed by atoms with Crippen molar-refractivity contribution in [3.05, 3.63) is 137 Å². The van der Waals surface area contributed by atoms with Crippen LogP contribution in [0.5, 0.6) is 0 Å². The van der Waals surface area contributed by atoms with E-state index in [2.05, 4.69) is 10.6 Å². The second kappa shape index (κ2) is 11.6. The van der Waals surface area contributed by atoms with E-state index < -0.39 is 0 Å². The fourth-order valence-electron chi connectivity index (χ4n) is 4.50. The number of anilines is 1. The van der Waals surface area contributed by atoms with Crippen molar-refractivity contribution in [2.24, 2.45) is 0 Å². The minimum absolute atomic E-state index is 0.0835. The van der Waals surface area contributed by atoms with Crippen LogP contribution in [0.1, 0.15) is 33.6 Å². The van der Waals surface area contributed by atoms with Gasteiger partial charge < -0.3 is 15.2 Å².